The standard InChI is InChI=1S/C7H12BrN5O2S/c1-10-16(14,15)3-2-11-7-12-5(8)4-6(9)13-7/h4,10H,2-3H2,1H3,(H3,9,11,12,13). The minimum absolute atomic E-state index is 0.0563. The second kappa shape index (κ2) is 5.41. The maximum atomic E-state index is 11.1. The Morgan fingerprint density at radius 2 is 2.19 bits per heavy atom. The minimum atomic E-state index is -3.22. The molecule has 0 amide bonds. The smallest absolute Gasteiger partial charge is 0.225 e. The van der Waals surface area contributed by atoms with E-state index in [1.807, 2.05) is 0 Å². The fourth-order valence-electron chi connectivity index (χ4n) is 0.913. The van der Waals surface area contributed by atoms with Gasteiger partial charge in [0.25, 0.3) is 0 Å². The summed E-state index contributed by atoms with van der Waals surface area (Å²) in [5, 5.41) is 2.77. The quantitative estimate of drug-likeness (QED) is 0.649. The zero-order valence-electron chi connectivity index (χ0n) is 8.57. The van der Waals surface area contributed by atoms with Crippen LogP contribution in [-0.4, -0.2) is 37.7 Å². The van der Waals surface area contributed by atoms with Crippen molar-refractivity contribution in [2.24, 2.45) is 0 Å². The van der Waals surface area contributed by atoms with E-state index in [-0.39, 0.29) is 18.2 Å². The molecule has 1 aromatic rings. The summed E-state index contributed by atoms with van der Waals surface area (Å²) < 4.78 is 24.9. The van der Waals surface area contributed by atoms with Crippen LogP contribution in [0.1, 0.15) is 0 Å². The summed E-state index contributed by atoms with van der Waals surface area (Å²) in [5.74, 6) is 0.540. The Hall–Kier alpha value is -0.930. The number of anilines is 2. The lowest BCUT2D eigenvalue weighted by Crippen LogP contribution is -2.26. The van der Waals surface area contributed by atoms with Crippen molar-refractivity contribution in [2.75, 3.05) is 30.4 Å². The molecule has 0 saturated heterocycles. The summed E-state index contributed by atoms with van der Waals surface area (Å²) in [6.45, 7) is 0.207. The Labute approximate surface area is 102 Å². The van der Waals surface area contributed by atoms with Gasteiger partial charge in [-0.05, 0) is 23.0 Å². The highest BCUT2D eigenvalue weighted by atomic mass is 79.9. The Bertz CT molecular complexity index is 444. The average molecular weight is 310 g/mol. The first-order chi connectivity index (χ1) is 7.43. The molecule has 7 nitrogen and oxygen atoms in total. The van der Waals surface area contributed by atoms with Crippen molar-refractivity contribution < 1.29 is 8.42 Å². The molecule has 1 rings (SSSR count). The van der Waals surface area contributed by atoms with Crippen molar-refractivity contribution in [3.8, 4) is 0 Å². The van der Waals surface area contributed by atoms with Crippen LogP contribution < -0.4 is 15.8 Å². The van der Waals surface area contributed by atoms with E-state index in [9.17, 15) is 8.42 Å². The molecule has 0 aromatic carbocycles. The molecule has 0 fully saturated rings. The maximum Gasteiger partial charge on any atom is 0.225 e. The summed E-state index contributed by atoms with van der Waals surface area (Å²) in [5.41, 5.74) is 5.49. The van der Waals surface area contributed by atoms with E-state index >= 15 is 0 Å². The number of sulfonamides is 1. The number of hydrogen-bond donors (Lipinski definition) is 3. The first-order valence-electron chi connectivity index (χ1n) is 4.38. The van der Waals surface area contributed by atoms with Gasteiger partial charge in [0.2, 0.25) is 16.0 Å². The molecule has 1 aromatic heterocycles. The molecule has 0 radical (unpaired) electrons. The molecule has 0 aliphatic rings. The number of nitrogen functional groups attached to an aromatic ring is 1. The molecular formula is C7H12BrN5O2S. The summed E-state index contributed by atoms with van der Waals surface area (Å²) in [4.78, 5) is 7.87. The maximum absolute atomic E-state index is 11.1. The van der Waals surface area contributed by atoms with Crippen molar-refractivity contribution in [3.63, 3.8) is 0 Å². The summed E-state index contributed by atoms with van der Waals surface area (Å²) in [6, 6.07) is 1.55. The van der Waals surface area contributed by atoms with Gasteiger partial charge in [-0.2, -0.15) is 4.98 Å². The summed E-state index contributed by atoms with van der Waals surface area (Å²) in [7, 11) is -1.86. The third-order valence-electron chi connectivity index (χ3n) is 1.68. The van der Waals surface area contributed by atoms with Gasteiger partial charge in [-0.1, -0.05) is 0 Å². The topological polar surface area (TPSA) is 110 Å². The number of halogens is 1. The van der Waals surface area contributed by atoms with Gasteiger partial charge in [0.1, 0.15) is 10.4 Å². The zero-order valence-corrected chi connectivity index (χ0v) is 11.0. The molecule has 0 spiro atoms. The van der Waals surface area contributed by atoms with E-state index in [0.29, 0.717) is 10.4 Å². The predicted molar refractivity (Wildman–Crippen MR) is 65.5 cm³/mol. The second-order valence-electron chi connectivity index (χ2n) is 2.89. The molecule has 90 valence electrons. The van der Waals surface area contributed by atoms with Gasteiger partial charge in [0, 0.05) is 12.6 Å². The molecule has 0 aliphatic carbocycles. The van der Waals surface area contributed by atoms with Crippen LogP contribution in [0.5, 0.6) is 0 Å². The van der Waals surface area contributed by atoms with Crippen molar-refractivity contribution in [2.45, 2.75) is 0 Å². The monoisotopic (exact) mass is 309 g/mol. The molecule has 0 bridgehead atoms. The Kier molecular flexibility index (Phi) is 4.44. The van der Waals surface area contributed by atoms with Crippen LogP contribution in [0.15, 0.2) is 10.7 Å². The van der Waals surface area contributed by atoms with Gasteiger partial charge < -0.3 is 11.1 Å². The lowest BCUT2D eigenvalue weighted by atomic mass is 10.6. The van der Waals surface area contributed by atoms with Gasteiger partial charge in [-0.25, -0.2) is 18.1 Å². The molecule has 0 aliphatic heterocycles. The first kappa shape index (κ1) is 13.1. The third-order valence-corrected chi connectivity index (χ3v) is 3.45. The largest absolute Gasteiger partial charge is 0.383 e. The Morgan fingerprint density at radius 1 is 1.50 bits per heavy atom. The fraction of sp³-hybridized carbons (Fsp3) is 0.429. The van der Waals surface area contributed by atoms with E-state index in [4.69, 9.17) is 5.73 Å². The van der Waals surface area contributed by atoms with Crippen LogP contribution in [0.3, 0.4) is 0 Å². The number of aromatic nitrogens is 2. The van der Waals surface area contributed by atoms with Crippen molar-refractivity contribution in [1.82, 2.24) is 14.7 Å². The number of hydrogen-bond acceptors (Lipinski definition) is 6. The van der Waals surface area contributed by atoms with Gasteiger partial charge >= 0.3 is 0 Å². The lowest BCUT2D eigenvalue weighted by Gasteiger charge is -2.05. The van der Waals surface area contributed by atoms with E-state index < -0.39 is 10.0 Å². The van der Waals surface area contributed by atoms with Gasteiger partial charge in [-0.15, -0.1) is 0 Å². The number of nitrogens with one attached hydrogen (secondary N) is 2. The molecule has 9 heteroatoms. The molecule has 1 heterocycles. The molecule has 0 atom stereocenters. The van der Waals surface area contributed by atoms with Gasteiger partial charge in [-0.3, -0.25) is 0 Å². The summed E-state index contributed by atoms with van der Waals surface area (Å²) in [6.07, 6.45) is 0. The van der Waals surface area contributed by atoms with Gasteiger partial charge in [0.15, 0.2) is 0 Å². The van der Waals surface area contributed by atoms with Gasteiger partial charge in [0.05, 0.1) is 5.75 Å². The van der Waals surface area contributed by atoms with Crippen LogP contribution in [0.2, 0.25) is 0 Å². The molecule has 16 heavy (non-hydrogen) atoms. The SMILES string of the molecule is CNS(=O)(=O)CCNc1nc(N)cc(Br)n1. The first-order valence-corrected chi connectivity index (χ1v) is 6.82. The number of nitrogens with zero attached hydrogens (tertiary/aromatic N) is 2. The molecule has 0 unspecified atom stereocenters. The summed E-state index contributed by atoms with van der Waals surface area (Å²) >= 11 is 3.16. The Balaban J connectivity index is 2.55. The normalized spacial score (nSPS) is 11.4. The average Bonchev–Trinajstić information content (AvgIpc) is 2.16. The minimum Gasteiger partial charge on any atom is -0.383 e. The van der Waals surface area contributed by atoms with E-state index in [0.717, 1.165) is 0 Å². The lowest BCUT2D eigenvalue weighted by molar-refractivity contribution is 0.588. The zero-order chi connectivity index (χ0) is 12.2. The van der Waals surface area contributed by atoms with Crippen molar-refractivity contribution in [1.29, 1.82) is 0 Å². The van der Waals surface area contributed by atoms with Crippen LogP contribution in [0, 0.1) is 0 Å². The van der Waals surface area contributed by atoms with Crippen molar-refractivity contribution in [3.05, 3.63) is 10.7 Å². The van der Waals surface area contributed by atoms with Crippen LogP contribution >= 0.6 is 15.9 Å². The molecule has 0 saturated carbocycles. The number of rotatable bonds is 5. The van der Waals surface area contributed by atoms with Crippen LogP contribution in [0.25, 0.3) is 0 Å². The predicted octanol–water partition coefficient (Wildman–Crippen LogP) is -0.218. The van der Waals surface area contributed by atoms with Crippen LogP contribution in [0.4, 0.5) is 11.8 Å². The third kappa shape index (κ3) is 4.29. The second-order valence-corrected chi connectivity index (χ2v) is 5.75. The van der Waals surface area contributed by atoms with E-state index in [1.54, 1.807) is 6.07 Å². The number of nitrogens with two attached hydrogens (primary N) is 1. The highest BCUT2D eigenvalue weighted by Crippen LogP contribution is 2.11. The Morgan fingerprint density at radius 3 is 2.75 bits per heavy atom. The fourth-order valence-corrected chi connectivity index (χ4v) is 1.89. The highest BCUT2D eigenvalue weighted by molar-refractivity contribution is 9.10. The molecular weight excluding hydrogens is 298 g/mol. The highest BCUT2D eigenvalue weighted by Gasteiger charge is 2.07. The van der Waals surface area contributed by atoms with Crippen LogP contribution in [-0.2, 0) is 10.0 Å². The van der Waals surface area contributed by atoms with Crippen molar-refractivity contribution >= 4 is 37.7 Å². The molecule has 4 N–H and O–H groups in total. The van der Waals surface area contributed by atoms with E-state index in [1.165, 1.54) is 7.05 Å². The van der Waals surface area contributed by atoms with E-state index in [2.05, 4.69) is 35.9 Å².